The van der Waals surface area contributed by atoms with E-state index >= 15 is 0 Å². The van der Waals surface area contributed by atoms with Crippen molar-refractivity contribution in [3.05, 3.63) is 29.8 Å². The molecule has 0 saturated carbocycles. The molecule has 1 aromatic carbocycles. The molecule has 0 aliphatic heterocycles. The lowest BCUT2D eigenvalue weighted by Crippen LogP contribution is -2.34. The van der Waals surface area contributed by atoms with Gasteiger partial charge >= 0.3 is 0 Å². The molecule has 0 radical (unpaired) electrons. The molecule has 0 aliphatic rings. The number of hydrogen-bond acceptors (Lipinski definition) is 1. The number of alkyl halides is 2. The highest BCUT2D eigenvalue weighted by Gasteiger charge is 2.32. The molecule has 0 saturated heterocycles. The SMILES string of the molecule is CC(C)C(CCl)(CCl)Cc1cccc(O)c1. The van der Waals surface area contributed by atoms with E-state index in [2.05, 4.69) is 13.8 Å². The molecule has 0 bridgehead atoms. The molecule has 1 rings (SSSR count). The first-order valence-electron chi connectivity index (χ1n) is 5.44. The molecule has 0 spiro atoms. The Morgan fingerprint density at radius 1 is 1.25 bits per heavy atom. The standard InChI is InChI=1S/C13H18Cl2O/c1-10(2)13(8-14,9-15)7-11-4-3-5-12(16)6-11/h3-6,10,16H,7-9H2,1-2H3. The second kappa shape index (κ2) is 5.79. The van der Waals surface area contributed by atoms with Gasteiger partial charge < -0.3 is 5.11 Å². The maximum absolute atomic E-state index is 9.43. The second-order valence-corrected chi connectivity index (χ2v) is 5.17. The third kappa shape index (κ3) is 3.05. The molecule has 0 aromatic heterocycles. The number of hydrogen-bond donors (Lipinski definition) is 1. The van der Waals surface area contributed by atoms with Gasteiger partial charge in [-0.1, -0.05) is 26.0 Å². The van der Waals surface area contributed by atoms with Crippen molar-refractivity contribution < 1.29 is 5.11 Å². The molecule has 1 nitrogen and oxygen atoms in total. The fourth-order valence-electron chi connectivity index (χ4n) is 1.72. The van der Waals surface area contributed by atoms with Crippen LogP contribution in [0.5, 0.6) is 5.75 Å². The van der Waals surface area contributed by atoms with E-state index in [0.717, 1.165) is 12.0 Å². The zero-order chi connectivity index (χ0) is 12.2. The minimum absolute atomic E-state index is 0.100. The van der Waals surface area contributed by atoms with Crippen LogP contribution in [-0.2, 0) is 6.42 Å². The Bertz CT molecular complexity index is 332. The Balaban J connectivity index is 2.91. The van der Waals surface area contributed by atoms with Gasteiger partial charge in [0, 0.05) is 17.2 Å². The van der Waals surface area contributed by atoms with Crippen molar-refractivity contribution in [3.63, 3.8) is 0 Å². The van der Waals surface area contributed by atoms with Crippen LogP contribution in [0.15, 0.2) is 24.3 Å². The van der Waals surface area contributed by atoms with Crippen molar-refractivity contribution >= 4 is 23.2 Å². The fourth-order valence-corrected chi connectivity index (χ4v) is 2.81. The summed E-state index contributed by atoms with van der Waals surface area (Å²) >= 11 is 12.1. The van der Waals surface area contributed by atoms with E-state index in [9.17, 15) is 5.11 Å². The number of aromatic hydroxyl groups is 1. The van der Waals surface area contributed by atoms with Gasteiger partial charge in [-0.05, 0) is 30.0 Å². The molecule has 3 heteroatoms. The summed E-state index contributed by atoms with van der Waals surface area (Å²) in [6, 6.07) is 7.28. The fraction of sp³-hybridized carbons (Fsp3) is 0.538. The lowest BCUT2D eigenvalue weighted by atomic mass is 9.76. The second-order valence-electron chi connectivity index (χ2n) is 4.63. The largest absolute Gasteiger partial charge is 0.508 e. The van der Waals surface area contributed by atoms with Gasteiger partial charge in [0.15, 0.2) is 0 Å². The molecule has 90 valence electrons. The molecule has 0 fully saturated rings. The third-order valence-corrected chi connectivity index (χ3v) is 4.29. The average molecular weight is 261 g/mol. The maximum atomic E-state index is 9.43. The molecule has 0 unspecified atom stereocenters. The van der Waals surface area contributed by atoms with Crippen molar-refractivity contribution in [2.75, 3.05) is 11.8 Å². The number of phenols is 1. The van der Waals surface area contributed by atoms with Gasteiger partial charge in [0.25, 0.3) is 0 Å². The van der Waals surface area contributed by atoms with E-state index in [1.165, 1.54) is 0 Å². The summed E-state index contributed by atoms with van der Waals surface area (Å²) in [5, 5.41) is 9.43. The molecule has 0 heterocycles. The summed E-state index contributed by atoms with van der Waals surface area (Å²) in [4.78, 5) is 0. The van der Waals surface area contributed by atoms with Crippen LogP contribution in [-0.4, -0.2) is 16.9 Å². The highest BCUT2D eigenvalue weighted by atomic mass is 35.5. The van der Waals surface area contributed by atoms with Gasteiger partial charge in [0.05, 0.1) is 0 Å². The Hall–Kier alpha value is -0.400. The first-order chi connectivity index (χ1) is 7.54. The zero-order valence-corrected chi connectivity index (χ0v) is 11.2. The van der Waals surface area contributed by atoms with Gasteiger partial charge in [0.1, 0.15) is 5.75 Å². The van der Waals surface area contributed by atoms with E-state index in [0.29, 0.717) is 23.4 Å². The molecule has 0 amide bonds. The predicted octanol–water partition coefficient (Wildman–Crippen LogP) is 4.05. The van der Waals surface area contributed by atoms with Crippen LogP contribution in [0, 0.1) is 11.3 Å². The van der Waals surface area contributed by atoms with E-state index in [1.807, 2.05) is 12.1 Å². The Morgan fingerprint density at radius 2 is 1.88 bits per heavy atom. The quantitative estimate of drug-likeness (QED) is 0.792. The van der Waals surface area contributed by atoms with Crippen molar-refractivity contribution in [1.29, 1.82) is 0 Å². The number of phenolic OH excluding ortho intramolecular Hbond substituents is 1. The van der Waals surface area contributed by atoms with Crippen LogP contribution in [0.4, 0.5) is 0 Å². The molecular weight excluding hydrogens is 243 g/mol. The minimum atomic E-state index is -0.100. The summed E-state index contributed by atoms with van der Waals surface area (Å²) in [7, 11) is 0. The van der Waals surface area contributed by atoms with Crippen LogP contribution in [0.25, 0.3) is 0 Å². The number of benzene rings is 1. The molecular formula is C13H18Cl2O. The topological polar surface area (TPSA) is 20.2 Å². The van der Waals surface area contributed by atoms with Crippen LogP contribution in [0.3, 0.4) is 0 Å². The average Bonchev–Trinajstić information content (AvgIpc) is 2.25. The Morgan fingerprint density at radius 3 is 2.31 bits per heavy atom. The van der Waals surface area contributed by atoms with Crippen molar-refractivity contribution in [2.45, 2.75) is 20.3 Å². The molecule has 0 aliphatic carbocycles. The van der Waals surface area contributed by atoms with Crippen LogP contribution >= 0.6 is 23.2 Å². The minimum Gasteiger partial charge on any atom is -0.508 e. The predicted molar refractivity (Wildman–Crippen MR) is 70.5 cm³/mol. The lowest BCUT2D eigenvalue weighted by Gasteiger charge is -2.34. The highest BCUT2D eigenvalue weighted by molar-refractivity contribution is 6.21. The Kier molecular flexibility index (Phi) is 4.94. The first kappa shape index (κ1) is 13.7. The van der Waals surface area contributed by atoms with Crippen LogP contribution in [0.1, 0.15) is 19.4 Å². The van der Waals surface area contributed by atoms with Crippen LogP contribution < -0.4 is 0 Å². The summed E-state index contributed by atoms with van der Waals surface area (Å²) in [6.07, 6.45) is 0.798. The molecule has 1 aromatic rings. The van der Waals surface area contributed by atoms with Crippen molar-refractivity contribution in [3.8, 4) is 5.75 Å². The maximum Gasteiger partial charge on any atom is 0.115 e. The lowest BCUT2D eigenvalue weighted by molar-refractivity contribution is 0.258. The van der Waals surface area contributed by atoms with Crippen molar-refractivity contribution in [1.82, 2.24) is 0 Å². The summed E-state index contributed by atoms with van der Waals surface area (Å²) in [5.74, 6) is 1.76. The summed E-state index contributed by atoms with van der Waals surface area (Å²) in [6.45, 7) is 4.26. The van der Waals surface area contributed by atoms with Gasteiger partial charge in [-0.25, -0.2) is 0 Å². The number of rotatable bonds is 5. The van der Waals surface area contributed by atoms with Gasteiger partial charge in [-0.3, -0.25) is 0 Å². The Labute approximate surface area is 107 Å². The van der Waals surface area contributed by atoms with Gasteiger partial charge in [-0.15, -0.1) is 23.2 Å². The van der Waals surface area contributed by atoms with Gasteiger partial charge in [-0.2, -0.15) is 0 Å². The molecule has 16 heavy (non-hydrogen) atoms. The third-order valence-electron chi connectivity index (χ3n) is 3.22. The van der Waals surface area contributed by atoms with E-state index in [1.54, 1.807) is 12.1 Å². The smallest absolute Gasteiger partial charge is 0.115 e. The monoisotopic (exact) mass is 260 g/mol. The normalized spacial score (nSPS) is 12.1. The zero-order valence-electron chi connectivity index (χ0n) is 9.71. The summed E-state index contributed by atoms with van der Waals surface area (Å²) < 4.78 is 0. The van der Waals surface area contributed by atoms with Crippen molar-refractivity contribution in [2.24, 2.45) is 11.3 Å². The van der Waals surface area contributed by atoms with Gasteiger partial charge in [0.2, 0.25) is 0 Å². The van der Waals surface area contributed by atoms with E-state index in [4.69, 9.17) is 23.2 Å². The summed E-state index contributed by atoms with van der Waals surface area (Å²) in [5.41, 5.74) is 0.978. The van der Waals surface area contributed by atoms with E-state index < -0.39 is 0 Å². The van der Waals surface area contributed by atoms with Crippen LogP contribution in [0.2, 0.25) is 0 Å². The first-order valence-corrected chi connectivity index (χ1v) is 6.51. The highest BCUT2D eigenvalue weighted by Crippen LogP contribution is 2.35. The molecule has 0 atom stereocenters. The molecule has 1 N–H and O–H groups in total. The van der Waals surface area contributed by atoms with E-state index in [-0.39, 0.29) is 5.41 Å². The number of halogens is 2.